The van der Waals surface area contributed by atoms with Crippen LogP contribution in [0.5, 0.6) is 0 Å². The molecule has 2 N–H and O–H groups in total. The van der Waals surface area contributed by atoms with Crippen LogP contribution >= 0.6 is 11.3 Å². The number of amides is 1. The molecule has 2 atom stereocenters. The maximum atomic E-state index is 11.7. The molecule has 0 aromatic carbocycles. The van der Waals surface area contributed by atoms with Gasteiger partial charge in [-0.25, -0.2) is 0 Å². The quantitative estimate of drug-likeness (QED) is 0.899. The number of aryl methyl sites for hydroxylation is 1. The predicted molar refractivity (Wildman–Crippen MR) is 78.3 cm³/mol. The molecule has 106 valence electrons. The van der Waals surface area contributed by atoms with Crippen molar-refractivity contribution in [3.8, 4) is 0 Å². The predicted octanol–water partition coefficient (Wildman–Crippen LogP) is 1.59. The number of hydrogen-bond acceptors (Lipinski definition) is 4. The number of carbonyl (C=O) groups is 1. The number of carbonyl (C=O) groups excluding carboxylic acids is 1. The van der Waals surface area contributed by atoms with E-state index in [0.717, 1.165) is 18.5 Å². The van der Waals surface area contributed by atoms with Crippen LogP contribution in [-0.4, -0.2) is 21.7 Å². The number of piperidine rings is 1. The van der Waals surface area contributed by atoms with Crippen LogP contribution in [0.2, 0.25) is 0 Å². The zero-order valence-corrected chi connectivity index (χ0v) is 12.2. The van der Waals surface area contributed by atoms with Crippen LogP contribution in [-0.2, 0) is 18.4 Å². The number of aromatic nitrogens is 2. The van der Waals surface area contributed by atoms with Crippen LogP contribution in [0.3, 0.4) is 0 Å². The maximum Gasteiger partial charge on any atom is 0.220 e. The molecular formula is C14H18N4OS. The van der Waals surface area contributed by atoms with Gasteiger partial charge in [0, 0.05) is 37.8 Å². The molecule has 0 unspecified atom stereocenters. The number of thiophene rings is 1. The van der Waals surface area contributed by atoms with Crippen LogP contribution in [0.1, 0.15) is 30.0 Å². The molecule has 5 nitrogen and oxygen atoms in total. The third kappa shape index (κ3) is 2.91. The highest BCUT2D eigenvalue weighted by Gasteiger charge is 2.30. The third-order valence-electron chi connectivity index (χ3n) is 3.63. The van der Waals surface area contributed by atoms with Gasteiger partial charge >= 0.3 is 0 Å². The van der Waals surface area contributed by atoms with Gasteiger partial charge in [-0.15, -0.1) is 0 Å². The number of rotatable bonds is 4. The molecule has 3 rings (SSSR count). The molecule has 0 radical (unpaired) electrons. The fourth-order valence-electron chi connectivity index (χ4n) is 2.58. The smallest absolute Gasteiger partial charge is 0.220 e. The van der Waals surface area contributed by atoms with Crippen molar-refractivity contribution in [2.45, 2.75) is 31.5 Å². The average molecular weight is 290 g/mol. The van der Waals surface area contributed by atoms with Crippen molar-refractivity contribution in [1.29, 1.82) is 0 Å². The lowest BCUT2D eigenvalue weighted by atomic mass is 9.93. The van der Waals surface area contributed by atoms with E-state index >= 15 is 0 Å². The molecule has 1 amide bonds. The highest BCUT2D eigenvalue weighted by atomic mass is 32.1. The van der Waals surface area contributed by atoms with Crippen LogP contribution in [0.15, 0.2) is 29.2 Å². The van der Waals surface area contributed by atoms with E-state index < -0.39 is 0 Å². The van der Waals surface area contributed by atoms with Gasteiger partial charge in [-0.2, -0.15) is 16.4 Å². The van der Waals surface area contributed by atoms with Crippen molar-refractivity contribution in [3.63, 3.8) is 0 Å². The van der Waals surface area contributed by atoms with Gasteiger partial charge in [0.15, 0.2) is 0 Å². The van der Waals surface area contributed by atoms with E-state index in [4.69, 9.17) is 0 Å². The van der Waals surface area contributed by atoms with E-state index in [1.165, 1.54) is 5.56 Å². The molecule has 0 saturated carbocycles. The summed E-state index contributed by atoms with van der Waals surface area (Å²) in [5.74, 6) is 0.118. The van der Waals surface area contributed by atoms with E-state index in [0.29, 0.717) is 6.42 Å². The lowest BCUT2D eigenvalue weighted by Gasteiger charge is -2.32. The molecule has 0 bridgehead atoms. The van der Waals surface area contributed by atoms with E-state index in [-0.39, 0.29) is 18.0 Å². The van der Waals surface area contributed by atoms with Crippen molar-refractivity contribution in [3.05, 3.63) is 40.3 Å². The Balaban J connectivity index is 1.71. The highest BCUT2D eigenvalue weighted by Crippen LogP contribution is 2.24. The molecule has 2 aromatic heterocycles. The first-order valence-corrected chi connectivity index (χ1v) is 7.69. The topological polar surface area (TPSA) is 59.0 Å². The SMILES string of the molecule is Cn1cc([C@@H]2NC(=O)CC[C@H]2NCc2ccsc2)cn1. The standard InChI is InChI=1S/C14H18N4OS/c1-18-8-11(7-16-18)14-12(2-3-13(19)17-14)15-6-10-4-5-20-9-10/h4-5,7-9,12,14-15H,2-3,6H2,1H3,(H,17,19)/t12-,14+/m1/s1. The normalized spacial score (nSPS) is 22.8. The van der Waals surface area contributed by atoms with Crippen molar-refractivity contribution < 1.29 is 4.79 Å². The summed E-state index contributed by atoms with van der Waals surface area (Å²) in [5, 5.41) is 15.1. The molecule has 1 saturated heterocycles. The summed E-state index contributed by atoms with van der Waals surface area (Å²) in [6.45, 7) is 0.834. The minimum absolute atomic E-state index is 0.00332. The first-order chi connectivity index (χ1) is 9.72. The van der Waals surface area contributed by atoms with E-state index in [2.05, 4.69) is 32.6 Å². The summed E-state index contributed by atoms with van der Waals surface area (Å²) < 4.78 is 1.77. The van der Waals surface area contributed by atoms with Gasteiger partial charge in [-0.3, -0.25) is 9.48 Å². The Morgan fingerprint density at radius 3 is 3.20 bits per heavy atom. The van der Waals surface area contributed by atoms with Crippen molar-refractivity contribution in [2.24, 2.45) is 7.05 Å². The lowest BCUT2D eigenvalue weighted by Crippen LogP contribution is -2.48. The van der Waals surface area contributed by atoms with E-state index in [9.17, 15) is 4.79 Å². The van der Waals surface area contributed by atoms with Crippen LogP contribution in [0.4, 0.5) is 0 Å². The first-order valence-electron chi connectivity index (χ1n) is 6.75. The molecule has 1 fully saturated rings. The van der Waals surface area contributed by atoms with Gasteiger partial charge in [-0.05, 0) is 28.8 Å². The van der Waals surface area contributed by atoms with Crippen LogP contribution in [0, 0.1) is 0 Å². The molecule has 2 aromatic rings. The first kappa shape index (κ1) is 13.3. The molecule has 20 heavy (non-hydrogen) atoms. The summed E-state index contributed by atoms with van der Waals surface area (Å²) in [6.07, 6.45) is 5.23. The molecule has 0 spiro atoms. The van der Waals surface area contributed by atoms with Gasteiger partial charge in [0.1, 0.15) is 0 Å². The molecule has 3 heterocycles. The van der Waals surface area contributed by atoms with Gasteiger partial charge in [-0.1, -0.05) is 0 Å². The Kier molecular flexibility index (Phi) is 3.84. The second-order valence-corrected chi connectivity index (χ2v) is 5.93. The van der Waals surface area contributed by atoms with Gasteiger partial charge < -0.3 is 10.6 Å². The molecule has 1 aliphatic heterocycles. The van der Waals surface area contributed by atoms with Crippen molar-refractivity contribution in [1.82, 2.24) is 20.4 Å². The summed E-state index contributed by atoms with van der Waals surface area (Å²) in [7, 11) is 1.89. The third-order valence-corrected chi connectivity index (χ3v) is 4.37. The summed E-state index contributed by atoms with van der Waals surface area (Å²) in [5.41, 5.74) is 2.35. The van der Waals surface area contributed by atoms with E-state index in [1.54, 1.807) is 16.0 Å². The minimum Gasteiger partial charge on any atom is -0.348 e. The fourth-order valence-corrected chi connectivity index (χ4v) is 3.25. The Bertz CT molecular complexity index is 578. The monoisotopic (exact) mass is 290 g/mol. The summed E-state index contributed by atoms with van der Waals surface area (Å²) in [4.78, 5) is 11.7. The average Bonchev–Trinajstić information content (AvgIpc) is 3.08. The fraction of sp³-hybridized carbons (Fsp3) is 0.429. The Morgan fingerprint density at radius 1 is 1.60 bits per heavy atom. The zero-order valence-electron chi connectivity index (χ0n) is 11.4. The largest absolute Gasteiger partial charge is 0.348 e. The molecular weight excluding hydrogens is 272 g/mol. The molecule has 0 aliphatic carbocycles. The number of nitrogens with one attached hydrogen (secondary N) is 2. The van der Waals surface area contributed by atoms with Crippen LogP contribution < -0.4 is 10.6 Å². The number of nitrogens with zero attached hydrogens (tertiary/aromatic N) is 2. The molecule has 1 aliphatic rings. The van der Waals surface area contributed by atoms with Crippen molar-refractivity contribution in [2.75, 3.05) is 0 Å². The maximum absolute atomic E-state index is 11.7. The van der Waals surface area contributed by atoms with Gasteiger partial charge in [0.25, 0.3) is 0 Å². The number of hydrogen-bond donors (Lipinski definition) is 2. The van der Waals surface area contributed by atoms with Crippen LogP contribution in [0.25, 0.3) is 0 Å². The Labute approximate surface area is 122 Å². The van der Waals surface area contributed by atoms with Gasteiger partial charge in [0.2, 0.25) is 5.91 Å². The highest BCUT2D eigenvalue weighted by molar-refractivity contribution is 7.07. The minimum atomic E-state index is 0.00332. The zero-order chi connectivity index (χ0) is 13.9. The summed E-state index contributed by atoms with van der Waals surface area (Å²) >= 11 is 1.70. The second-order valence-electron chi connectivity index (χ2n) is 5.15. The summed E-state index contributed by atoms with van der Waals surface area (Å²) in [6, 6.07) is 2.37. The lowest BCUT2D eigenvalue weighted by molar-refractivity contribution is -0.123. The second kappa shape index (κ2) is 5.76. The van der Waals surface area contributed by atoms with E-state index in [1.807, 2.05) is 19.4 Å². The Hall–Kier alpha value is -1.66. The molecule has 6 heteroatoms. The van der Waals surface area contributed by atoms with Crippen molar-refractivity contribution >= 4 is 17.2 Å². The van der Waals surface area contributed by atoms with Gasteiger partial charge in [0.05, 0.1) is 12.2 Å². The Morgan fingerprint density at radius 2 is 2.50 bits per heavy atom.